The molecule has 142 valence electrons. The molecule has 3 aromatic rings. The fraction of sp³-hybridized carbons (Fsp3) is 0.235. The van der Waals surface area contributed by atoms with Crippen molar-refractivity contribution in [2.75, 3.05) is 11.1 Å². The predicted octanol–water partition coefficient (Wildman–Crippen LogP) is 3.24. The first-order valence-corrected chi connectivity index (χ1v) is 7.83. The molecule has 10 heteroatoms. The smallest absolute Gasteiger partial charge is 0.399 e. The van der Waals surface area contributed by atoms with E-state index in [0.29, 0.717) is 17.1 Å². The minimum absolute atomic E-state index is 0.0339. The van der Waals surface area contributed by atoms with Crippen LogP contribution in [-0.4, -0.2) is 14.5 Å². The van der Waals surface area contributed by atoms with E-state index >= 15 is 0 Å². The molecule has 0 amide bonds. The zero-order valence-corrected chi connectivity index (χ0v) is 14.3. The van der Waals surface area contributed by atoms with Crippen molar-refractivity contribution in [2.45, 2.75) is 19.1 Å². The summed E-state index contributed by atoms with van der Waals surface area (Å²) in [5, 5.41) is 3.34. The lowest BCUT2D eigenvalue weighted by atomic mass is 10.0. The van der Waals surface area contributed by atoms with Crippen molar-refractivity contribution in [1.29, 1.82) is 0 Å². The summed E-state index contributed by atoms with van der Waals surface area (Å²) in [5.41, 5.74) is 3.63. The lowest BCUT2D eigenvalue weighted by Gasteiger charge is -2.19. The van der Waals surface area contributed by atoms with Crippen LogP contribution < -0.4 is 16.6 Å². The van der Waals surface area contributed by atoms with Crippen molar-refractivity contribution in [3.8, 4) is 0 Å². The average Bonchev–Trinajstić information content (AvgIpc) is 2.59. The summed E-state index contributed by atoms with van der Waals surface area (Å²) < 4.78 is 54.6. The van der Waals surface area contributed by atoms with Crippen LogP contribution in [-0.2, 0) is 13.2 Å². The van der Waals surface area contributed by atoms with Crippen molar-refractivity contribution >= 4 is 22.7 Å². The molecular weight excluding hydrogens is 366 g/mol. The lowest BCUT2D eigenvalue weighted by molar-refractivity contribution is -0.140. The van der Waals surface area contributed by atoms with Gasteiger partial charge in [-0.25, -0.2) is 9.37 Å². The fourth-order valence-corrected chi connectivity index (χ4v) is 2.68. The number of alkyl halides is 3. The number of fused-ring (bicyclic) bond motifs is 1. The van der Waals surface area contributed by atoms with Gasteiger partial charge < -0.3 is 11.1 Å². The van der Waals surface area contributed by atoms with Crippen LogP contribution >= 0.6 is 0 Å². The molecule has 2 aromatic heterocycles. The first-order valence-electron chi connectivity index (χ1n) is 7.83. The van der Waals surface area contributed by atoms with Crippen LogP contribution in [0.3, 0.4) is 0 Å². The standard InChI is InChI=1S/C17H15F4N5O/c1-8(11-5-10(22)6-12(14(11)18)17(19,20)21)24-16-23-7-9-3-4-13(27)26(2)15(9)25-16/h3-8H,22H2,1-2H3,(H,23,24,25)/t8-/m1/s1. The molecule has 0 fully saturated rings. The molecule has 0 unspecified atom stereocenters. The number of anilines is 2. The van der Waals surface area contributed by atoms with Crippen molar-refractivity contribution in [1.82, 2.24) is 14.5 Å². The van der Waals surface area contributed by atoms with Gasteiger partial charge in [-0.05, 0) is 25.1 Å². The number of benzene rings is 1. The molecule has 3 N–H and O–H groups in total. The summed E-state index contributed by atoms with van der Waals surface area (Å²) >= 11 is 0. The Morgan fingerprint density at radius 2 is 1.96 bits per heavy atom. The Bertz CT molecular complexity index is 1080. The maximum Gasteiger partial charge on any atom is 0.419 e. The molecule has 3 rings (SSSR count). The van der Waals surface area contributed by atoms with Gasteiger partial charge in [0.15, 0.2) is 0 Å². The molecule has 0 bridgehead atoms. The Labute approximate surface area is 150 Å². The summed E-state index contributed by atoms with van der Waals surface area (Å²) in [6, 6.07) is 3.68. The van der Waals surface area contributed by atoms with Crippen molar-refractivity contribution in [3.63, 3.8) is 0 Å². The SMILES string of the molecule is C[C@@H](Nc1ncc2ccc(=O)n(C)c2n1)c1cc(N)cc(C(F)(F)F)c1F. The third-order valence-electron chi connectivity index (χ3n) is 4.09. The highest BCUT2D eigenvalue weighted by atomic mass is 19.4. The van der Waals surface area contributed by atoms with E-state index in [-0.39, 0.29) is 22.8 Å². The van der Waals surface area contributed by atoms with E-state index in [9.17, 15) is 22.4 Å². The molecular formula is C17H15F4N5O. The first kappa shape index (κ1) is 18.6. The second kappa shape index (κ2) is 6.53. The zero-order valence-electron chi connectivity index (χ0n) is 14.3. The van der Waals surface area contributed by atoms with Crippen LogP contribution in [0.2, 0.25) is 0 Å². The number of pyridine rings is 1. The summed E-state index contributed by atoms with van der Waals surface area (Å²) in [6.07, 6.45) is -3.42. The Balaban J connectivity index is 2.00. The quantitative estimate of drug-likeness (QED) is 0.537. The summed E-state index contributed by atoms with van der Waals surface area (Å²) in [7, 11) is 1.53. The molecule has 0 saturated carbocycles. The highest BCUT2D eigenvalue weighted by Gasteiger charge is 2.36. The minimum Gasteiger partial charge on any atom is -0.399 e. The highest BCUT2D eigenvalue weighted by molar-refractivity contribution is 5.74. The number of nitrogens with zero attached hydrogens (tertiary/aromatic N) is 3. The molecule has 0 aliphatic rings. The Kier molecular flexibility index (Phi) is 4.50. The van der Waals surface area contributed by atoms with Gasteiger partial charge in [0.1, 0.15) is 11.5 Å². The predicted molar refractivity (Wildman–Crippen MR) is 92.6 cm³/mol. The number of hydrogen-bond donors (Lipinski definition) is 2. The molecule has 0 aliphatic heterocycles. The monoisotopic (exact) mass is 381 g/mol. The van der Waals surface area contributed by atoms with Gasteiger partial charge in [0.05, 0.1) is 11.6 Å². The van der Waals surface area contributed by atoms with Gasteiger partial charge in [-0.1, -0.05) is 0 Å². The van der Waals surface area contributed by atoms with Crippen LogP contribution in [0.5, 0.6) is 0 Å². The molecule has 0 spiro atoms. The third-order valence-corrected chi connectivity index (χ3v) is 4.09. The maximum absolute atomic E-state index is 14.4. The number of rotatable bonds is 3. The van der Waals surface area contributed by atoms with Gasteiger partial charge in [-0.3, -0.25) is 9.36 Å². The van der Waals surface area contributed by atoms with Gasteiger partial charge in [0.25, 0.3) is 5.56 Å². The number of nitrogen functional groups attached to an aromatic ring is 1. The van der Waals surface area contributed by atoms with E-state index in [4.69, 9.17) is 5.73 Å². The van der Waals surface area contributed by atoms with E-state index in [1.165, 1.54) is 30.8 Å². The zero-order chi connectivity index (χ0) is 19.9. The molecule has 0 radical (unpaired) electrons. The third kappa shape index (κ3) is 3.55. The number of aryl methyl sites for hydroxylation is 1. The van der Waals surface area contributed by atoms with Crippen LogP contribution in [0.1, 0.15) is 24.1 Å². The number of aromatic nitrogens is 3. The van der Waals surface area contributed by atoms with Crippen LogP contribution in [0.25, 0.3) is 11.0 Å². The van der Waals surface area contributed by atoms with E-state index < -0.39 is 23.6 Å². The van der Waals surface area contributed by atoms with Gasteiger partial charge in [-0.2, -0.15) is 18.2 Å². The minimum atomic E-state index is -4.87. The Hall–Kier alpha value is -3.17. The van der Waals surface area contributed by atoms with Crippen LogP contribution in [0, 0.1) is 5.82 Å². The molecule has 1 aromatic carbocycles. The van der Waals surface area contributed by atoms with E-state index in [2.05, 4.69) is 15.3 Å². The average molecular weight is 381 g/mol. The lowest BCUT2D eigenvalue weighted by Crippen LogP contribution is -2.18. The maximum atomic E-state index is 14.4. The van der Waals surface area contributed by atoms with Gasteiger partial charge >= 0.3 is 6.18 Å². The number of nitrogens with two attached hydrogens (primary N) is 1. The number of nitrogens with one attached hydrogen (secondary N) is 1. The summed E-state index contributed by atoms with van der Waals surface area (Å²) in [5.74, 6) is -1.38. The Morgan fingerprint density at radius 3 is 2.63 bits per heavy atom. The molecule has 6 nitrogen and oxygen atoms in total. The van der Waals surface area contributed by atoms with Crippen LogP contribution in [0.15, 0.2) is 35.3 Å². The van der Waals surface area contributed by atoms with Crippen molar-refractivity contribution in [3.05, 3.63) is 57.8 Å². The molecule has 0 saturated heterocycles. The topological polar surface area (TPSA) is 85.8 Å². The van der Waals surface area contributed by atoms with Gasteiger partial charge in [0.2, 0.25) is 5.95 Å². The Morgan fingerprint density at radius 1 is 1.26 bits per heavy atom. The molecule has 2 heterocycles. The highest BCUT2D eigenvalue weighted by Crippen LogP contribution is 2.36. The van der Waals surface area contributed by atoms with Crippen LogP contribution in [0.4, 0.5) is 29.2 Å². The van der Waals surface area contributed by atoms with Gasteiger partial charge in [-0.15, -0.1) is 0 Å². The van der Waals surface area contributed by atoms with Crippen molar-refractivity contribution in [2.24, 2.45) is 7.05 Å². The van der Waals surface area contributed by atoms with Crippen molar-refractivity contribution < 1.29 is 17.6 Å². The van der Waals surface area contributed by atoms with Gasteiger partial charge in [0, 0.05) is 35.9 Å². The fourth-order valence-electron chi connectivity index (χ4n) is 2.68. The second-order valence-electron chi connectivity index (χ2n) is 6.04. The normalized spacial score (nSPS) is 13.0. The molecule has 27 heavy (non-hydrogen) atoms. The number of hydrogen-bond acceptors (Lipinski definition) is 5. The summed E-state index contributed by atoms with van der Waals surface area (Å²) in [4.78, 5) is 20.0. The van der Waals surface area contributed by atoms with E-state index in [1.54, 1.807) is 6.07 Å². The summed E-state index contributed by atoms with van der Waals surface area (Å²) in [6.45, 7) is 1.45. The molecule has 0 aliphatic carbocycles. The van der Waals surface area contributed by atoms with E-state index in [1.807, 2.05) is 0 Å². The largest absolute Gasteiger partial charge is 0.419 e. The second-order valence-corrected chi connectivity index (χ2v) is 6.04. The first-order chi connectivity index (χ1) is 12.6. The molecule has 1 atom stereocenters. The number of halogens is 4. The van der Waals surface area contributed by atoms with E-state index in [0.717, 1.165) is 6.07 Å².